The fourth-order valence-electron chi connectivity index (χ4n) is 4.12. The van der Waals surface area contributed by atoms with Crippen LogP contribution in [0.3, 0.4) is 0 Å². The van der Waals surface area contributed by atoms with Crippen molar-refractivity contribution in [1.82, 2.24) is 30.6 Å². The summed E-state index contributed by atoms with van der Waals surface area (Å²) in [6, 6.07) is 8.40. The highest BCUT2D eigenvalue weighted by atomic mass is 16.7. The van der Waals surface area contributed by atoms with E-state index >= 15 is 0 Å². The number of anilines is 3. The normalized spacial score (nSPS) is 12.9. The Morgan fingerprint density at radius 3 is 2.52 bits per heavy atom. The third-order valence-corrected chi connectivity index (χ3v) is 6.08. The van der Waals surface area contributed by atoms with Crippen LogP contribution in [0.25, 0.3) is 11.3 Å². The second-order valence-electron chi connectivity index (χ2n) is 9.53. The SMILES string of the molecule is COCC(=O)NCCn1nc(C)cc1-c1cccc(Nc2cc(NC(=O)C3CC3)nnc2C(=O)NC(O)(O)O)c1OC. The molecule has 2 aromatic heterocycles. The van der Waals surface area contributed by atoms with Crippen LogP contribution in [-0.4, -0.2) is 86.5 Å². The molecule has 0 aliphatic heterocycles. The quantitative estimate of drug-likeness (QED) is 0.130. The molecule has 1 aliphatic carbocycles. The number of ether oxygens (including phenoxy) is 2. The molecule has 3 amide bonds. The van der Waals surface area contributed by atoms with Gasteiger partial charge in [-0.2, -0.15) is 5.10 Å². The van der Waals surface area contributed by atoms with E-state index in [4.69, 9.17) is 9.47 Å². The summed E-state index contributed by atoms with van der Waals surface area (Å²) < 4.78 is 12.3. The lowest BCUT2D eigenvalue weighted by atomic mass is 10.1. The predicted octanol–water partition coefficient (Wildman–Crippen LogP) is -0.170. The molecule has 0 radical (unpaired) electrons. The lowest BCUT2D eigenvalue weighted by molar-refractivity contribution is -0.323. The molecule has 3 aromatic rings. The van der Waals surface area contributed by atoms with Crippen molar-refractivity contribution >= 4 is 34.9 Å². The molecule has 0 saturated heterocycles. The Hall–Kier alpha value is -4.64. The van der Waals surface area contributed by atoms with E-state index in [9.17, 15) is 29.7 Å². The number of para-hydroxylation sites is 1. The van der Waals surface area contributed by atoms with E-state index in [1.807, 2.05) is 13.0 Å². The van der Waals surface area contributed by atoms with Crippen molar-refractivity contribution in [3.63, 3.8) is 0 Å². The lowest BCUT2D eigenvalue weighted by Gasteiger charge is -2.19. The number of hydrogen-bond acceptors (Lipinski definition) is 12. The summed E-state index contributed by atoms with van der Waals surface area (Å²) in [6.07, 6.45) is -1.99. The Labute approximate surface area is 240 Å². The zero-order valence-corrected chi connectivity index (χ0v) is 23.2. The van der Waals surface area contributed by atoms with Gasteiger partial charge in [0.25, 0.3) is 5.91 Å². The van der Waals surface area contributed by atoms with E-state index in [1.54, 1.807) is 28.2 Å². The van der Waals surface area contributed by atoms with E-state index in [0.29, 0.717) is 35.8 Å². The first kappa shape index (κ1) is 30.3. The minimum Gasteiger partial charge on any atom is -0.494 e. The molecule has 1 saturated carbocycles. The maximum absolute atomic E-state index is 12.7. The highest BCUT2D eigenvalue weighted by Crippen LogP contribution is 2.39. The number of hydrogen-bond donors (Lipinski definition) is 7. The Kier molecular flexibility index (Phi) is 9.31. The highest BCUT2D eigenvalue weighted by molar-refractivity contribution is 6.00. The lowest BCUT2D eigenvalue weighted by Crippen LogP contribution is -2.48. The smallest absolute Gasteiger partial charge is 0.369 e. The molecule has 1 aliphatic rings. The molecule has 1 fully saturated rings. The summed E-state index contributed by atoms with van der Waals surface area (Å²) in [5, 5.41) is 50.0. The van der Waals surface area contributed by atoms with Crippen molar-refractivity contribution in [3.8, 4) is 17.0 Å². The van der Waals surface area contributed by atoms with Crippen LogP contribution in [-0.2, 0) is 20.9 Å². The minimum absolute atomic E-state index is 0.0128. The molecular formula is C26H32N8O8. The van der Waals surface area contributed by atoms with Gasteiger partial charge in [-0.3, -0.25) is 24.4 Å². The number of aryl methyl sites for hydroxylation is 1. The average molecular weight is 585 g/mol. The highest BCUT2D eigenvalue weighted by Gasteiger charge is 2.31. The second kappa shape index (κ2) is 12.9. The van der Waals surface area contributed by atoms with Crippen LogP contribution < -0.4 is 26.0 Å². The maximum atomic E-state index is 12.7. The van der Waals surface area contributed by atoms with E-state index < -0.39 is 17.7 Å². The van der Waals surface area contributed by atoms with Gasteiger partial charge in [0, 0.05) is 31.2 Å². The Balaban J connectivity index is 1.67. The van der Waals surface area contributed by atoms with Crippen molar-refractivity contribution in [2.75, 3.05) is 38.0 Å². The zero-order valence-electron chi connectivity index (χ0n) is 23.2. The summed E-state index contributed by atoms with van der Waals surface area (Å²) in [5.74, 6) is -1.39. The largest absolute Gasteiger partial charge is 0.494 e. The van der Waals surface area contributed by atoms with Crippen LogP contribution >= 0.6 is 0 Å². The van der Waals surface area contributed by atoms with Crippen molar-refractivity contribution < 1.29 is 39.2 Å². The number of nitrogens with zero attached hydrogens (tertiary/aromatic N) is 4. The topological polar surface area (TPSA) is 222 Å². The fraction of sp³-hybridized carbons (Fsp3) is 0.385. The van der Waals surface area contributed by atoms with Crippen LogP contribution in [0.1, 0.15) is 29.0 Å². The van der Waals surface area contributed by atoms with Gasteiger partial charge in [-0.1, -0.05) is 6.07 Å². The summed E-state index contributed by atoms with van der Waals surface area (Å²) >= 11 is 0. The summed E-state index contributed by atoms with van der Waals surface area (Å²) in [7, 11) is 2.89. The van der Waals surface area contributed by atoms with Crippen LogP contribution in [0, 0.1) is 12.8 Å². The number of amides is 3. The Bertz CT molecular complexity index is 1460. The van der Waals surface area contributed by atoms with Gasteiger partial charge in [0.1, 0.15) is 6.61 Å². The third kappa shape index (κ3) is 7.76. The number of aromatic nitrogens is 4. The number of nitrogens with one attached hydrogen (secondary N) is 4. The van der Waals surface area contributed by atoms with Gasteiger partial charge in [-0.15, -0.1) is 10.2 Å². The molecule has 224 valence electrons. The Morgan fingerprint density at radius 2 is 1.86 bits per heavy atom. The molecule has 0 spiro atoms. The van der Waals surface area contributed by atoms with E-state index in [-0.39, 0.29) is 35.8 Å². The molecule has 1 aromatic carbocycles. The molecule has 2 heterocycles. The molecule has 0 bridgehead atoms. The predicted molar refractivity (Wildman–Crippen MR) is 147 cm³/mol. The third-order valence-electron chi connectivity index (χ3n) is 6.08. The van der Waals surface area contributed by atoms with Crippen LogP contribution in [0.2, 0.25) is 0 Å². The van der Waals surface area contributed by atoms with E-state index in [1.165, 1.54) is 20.3 Å². The number of methoxy groups -OCH3 is 2. The minimum atomic E-state index is -3.51. The molecular weight excluding hydrogens is 552 g/mol. The molecule has 0 unspecified atom stereocenters. The molecule has 42 heavy (non-hydrogen) atoms. The van der Waals surface area contributed by atoms with Gasteiger partial charge in [0.05, 0.1) is 36.4 Å². The van der Waals surface area contributed by atoms with E-state index in [0.717, 1.165) is 18.5 Å². The summed E-state index contributed by atoms with van der Waals surface area (Å²) in [4.78, 5) is 36.8. The maximum Gasteiger partial charge on any atom is 0.369 e. The van der Waals surface area contributed by atoms with Gasteiger partial charge in [-0.25, -0.2) is 0 Å². The molecule has 16 heteroatoms. The van der Waals surface area contributed by atoms with Crippen molar-refractivity contribution in [3.05, 3.63) is 41.7 Å². The molecule has 0 atom stereocenters. The van der Waals surface area contributed by atoms with Gasteiger partial charge in [-0.05, 0) is 38.0 Å². The number of carbonyl (C=O) groups is 3. The molecule has 4 rings (SSSR count). The van der Waals surface area contributed by atoms with Crippen LogP contribution in [0.4, 0.5) is 17.2 Å². The second-order valence-corrected chi connectivity index (χ2v) is 9.53. The zero-order chi connectivity index (χ0) is 30.4. The number of benzene rings is 1. The number of carbonyl (C=O) groups excluding carboxylic acids is 3. The Morgan fingerprint density at radius 1 is 1.10 bits per heavy atom. The first-order chi connectivity index (χ1) is 20.0. The number of rotatable bonds is 13. The molecule has 16 nitrogen and oxygen atoms in total. The van der Waals surface area contributed by atoms with Crippen molar-refractivity contribution in [2.45, 2.75) is 32.4 Å². The average Bonchev–Trinajstić information content (AvgIpc) is 3.70. The van der Waals surface area contributed by atoms with Crippen molar-refractivity contribution in [1.29, 1.82) is 0 Å². The fourth-order valence-corrected chi connectivity index (χ4v) is 4.12. The standard InChI is InChI=1S/C26H32N8O8/c1-14-11-19(34(33-14)10-9-27-21(35)13-41-2)16-5-4-6-17(23(16)42-3)28-18-12-20(29-24(36)15-7-8-15)31-32-22(18)25(37)30-26(38,39)40/h4-6,11-12,15,38-40H,7-10,13H2,1-3H3,(H,27,35)(H,30,37)(H2,28,29,31,36). The van der Waals surface area contributed by atoms with Gasteiger partial charge >= 0.3 is 6.10 Å². The summed E-state index contributed by atoms with van der Waals surface area (Å²) in [5.41, 5.74) is 2.01. The summed E-state index contributed by atoms with van der Waals surface area (Å²) in [6.45, 7) is 2.42. The van der Waals surface area contributed by atoms with Gasteiger partial charge < -0.3 is 40.7 Å². The van der Waals surface area contributed by atoms with Gasteiger partial charge in [0.2, 0.25) is 11.8 Å². The molecule has 7 N–H and O–H groups in total. The van der Waals surface area contributed by atoms with Crippen LogP contribution in [0.5, 0.6) is 5.75 Å². The monoisotopic (exact) mass is 584 g/mol. The first-order valence-electron chi connectivity index (χ1n) is 12.9. The van der Waals surface area contributed by atoms with Gasteiger partial charge in [0.15, 0.2) is 17.3 Å². The number of aliphatic hydroxyl groups is 3. The first-order valence-corrected chi connectivity index (χ1v) is 12.9. The van der Waals surface area contributed by atoms with Crippen molar-refractivity contribution in [2.24, 2.45) is 5.92 Å². The van der Waals surface area contributed by atoms with Crippen LogP contribution in [0.15, 0.2) is 30.3 Å². The van der Waals surface area contributed by atoms with E-state index in [2.05, 4.69) is 31.2 Å².